The molecule has 3 aromatic rings. The molecule has 0 aliphatic heterocycles. The molecular weight excluding hydrogens is 392 g/mol. The fraction of sp³-hybridized carbons (Fsp3) is 0.353. The van der Waals surface area contributed by atoms with E-state index in [-0.39, 0.29) is 18.0 Å². The van der Waals surface area contributed by atoms with Crippen LogP contribution >= 0.6 is 11.6 Å². The standard InChI is InChI=1S/C17H21ClN4O4S/c1-25-8-6-21-12-13(10-20-21)27(23,24)22(7-9-26-2)16-5-3-4-14-15(18)11-19-17(14)16/h3-5,10-12,19H,6-9H2,1-2H3. The van der Waals surface area contributed by atoms with Crippen LogP contribution in [0, 0.1) is 0 Å². The number of hydrogen-bond acceptors (Lipinski definition) is 5. The van der Waals surface area contributed by atoms with E-state index in [9.17, 15) is 8.42 Å². The second-order valence-corrected chi connectivity index (χ2v) is 8.11. The molecule has 0 aliphatic rings. The summed E-state index contributed by atoms with van der Waals surface area (Å²) in [5, 5.41) is 5.40. The van der Waals surface area contributed by atoms with Crippen molar-refractivity contribution in [2.24, 2.45) is 0 Å². The molecule has 0 radical (unpaired) electrons. The van der Waals surface area contributed by atoms with Crippen molar-refractivity contribution in [2.45, 2.75) is 11.4 Å². The Balaban J connectivity index is 2.04. The minimum atomic E-state index is -3.85. The van der Waals surface area contributed by atoms with Gasteiger partial charge in [0, 0.05) is 32.0 Å². The van der Waals surface area contributed by atoms with Gasteiger partial charge in [-0.15, -0.1) is 0 Å². The number of rotatable bonds is 9. The first-order valence-corrected chi connectivity index (χ1v) is 10.1. The Labute approximate surface area is 162 Å². The van der Waals surface area contributed by atoms with Gasteiger partial charge in [-0.1, -0.05) is 23.7 Å². The number of para-hydroxylation sites is 1. The van der Waals surface area contributed by atoms with E-state index in [1.807, 2.05) is 6.07 Å². The number of anilines is 1. The van der Waals surface area contributed by atoms with E-state index >= 15 is 0 Å². The average Bonchev–Trinajstić information content (AvgIpc) is 3.28. The molecule has 3 rings (SSSR count). The van der Waals surface area contributed by atoms with Gasteiger partial charge in [0.15, 0.2) is 0 Å². The Morgan fingerprint density at radius 2 is 2.04 bits per heavy atom. The number of aromatic amines is 1. The zero-order valence-electron chi connectivity index (χ0n) is 15.1. The Hall–Kier alpha value is -2.07. The predicted molar refractivity (Wildman–Crippen MR) is 104 cm³/mol. The molecule has 0 bridgehead atoms. The van der Waals surface area contributed by atoms with E-state index in [1.54, 1.807) is 25.4 Å². The molecule has 0 saturated heterocycles. The highest BCUT2D eigenvalue weighted by atomic mass is 35.5. The molecule has 0 spiro atoms. The number of hydrogen-bond donors (Lipinski definition) is 1. The molecule has 146 valence electrons. The van der Waals surface area contributed by atoms with Crippen LogP contribution in [0.2, 0.25) is 5.02 Å². The van der Waals surface area contributed by atoms with E-state index in [1.165, 1.54) is 28.5 Å². The number of halogens is 1. The lowest BCUT2D eigenvalue weighted by Crippen LogP contribution is -2.34. The van der Waals surface area contributed by atoms with Crippen molar-refractivity contribution >= 4 is 38.2 Å². The van der Waals surface area contributed by atoms with E-state index in [0.717, 1.165) is 5.39 Å². The van der Waals surface area contributed by atoms with Gasteiger partial charge < -0.3 is 14.5 Å². The van der Waals surface area contributed by atoms with E-state index < -0.39 is 10.0 Å². The zero-order chi connectivity index (χ0) is 19.4. The summed E-state index contributed by atoms with van der Waals surface area (Å²) in [6.45, 7) is 1.29. The number of H-pyrrole nitrogens is 1. The molecule has 0 amide bonds. The summed E-state index contributed by atoms with van der Waals surface area (Å²) in [5.74, 6) is 0. The Bertz CT molecular complexity index is 1020. The molecule has 1 aromatic carbocycles. The van der Waals surface area contributed by atoms with Gasteiger partial charge in [0.1, 0.15) is 4.90 Å². The number of ether oxygens (including phenoxy) is 2. The topological polar surface area (TPSA) is 89.5 Å². The van der Waals surface area contributed by atoms with Crippen molar-refractivity contribution in [1.29, 1.82) is 0 Å². The maximum absolute atomic E-state index is 13.3. The average molecular weight is 413 g/mol. The molecule has 10 heteroatoms. The van der Waals surface area contributed by atoms with Gasteiger partial charge in [-0.2, -0.15) is 5.10 Å². The van der Waals surface area contributed by atoms with Crippen LogP contribution in [0.3, 0.4) is 0 Å². The maximum atomic E-state index is 13.3. The lowest BCUT2D eigenvalue weighted by Gasteiger charge is -2.24. The van der Waals surface area contributed by atoms with E-state index in [4.69, 9.17) is 21.1 Å². The fourth-order valence-corrected chi connectivity index (χ4v) is 4.40. The number of nitrogens with one attached hydrogen (secondary N) is 1. The minimum absolute atomic E-state index is 0.101. The molecule has 8 nitrogen and oxygen atoms in total. The number of benzene rings is 1. The number of methoxy groups -OCH3 is 2. The normalized spacial score (nSPS) is 12.0. The van der Waals surface area contributed by atoms with Gasteiger partial charge in [0.25, 0.3) is 10.0 Å². The van der Waals surface area contributed by atoms with Crippen molar-refractivity contribution < 1.29 is 17.9 Å². The summed E-state index contributed by atoms with van der Waals surface area (Å²) in [6.07, 6.45) is 4.47. The third kappa shape index (κ3) is 3.96. The van der Waals surface area contributed by atoms with Crippen molar-refractivity contribution in [1.82, 2.24) is 14.8 Å². The maximum Gasteiger partial charge on any atom is 0.267 e. The summed E-state index contributed by atoms with van der Waals surface area (Å²) in [5.41, 5.74) is 1.15. The third-order valence-electron chi connectivity index (χ3n) is 4.13. The van der Waals surface area contributed by atoms with Crippen LogP contribution in [-0.2, 0) is 26.0 Å². The summed E-state index contributed by atoms with van der Waals surface area (Å²) in [6, 6.07) is 5.34. The fourth-order valence-electron chi connectivity index (χ4n) is 2.77. The van der Waals surface area contributed by atoms with Crippen molar-refractivity contribution in [2.75, 3.05) is 38.3 Å². The molecule has 0 fully saturated rings. The highest BCUT2D eigenvalue weighted by molar-refractivity contribution is 7.92. The minimum Gasteiger partial charge on any atom is -0.383 e. The van der Waals surface area contributed by atoms with Crippen LogP contribution in [0.25, 0.3) is 10.9 Å². The molecule has 1 N–H and O–H groups in total. The lowest BCUT2D eigenvalue weighted by molar-refractivity contribution is 0.183. The monoisotopic (exact) mass is 412 g/mol. The SMILES string of the molecule is COCCN(c1cccc2c(Cl)c[nH]c12)S(=O)(=O)c1cnn(CCOC)c1. The van der Waals surface area contributed by atoms with Crippen LogP contribution in [-0.4, -0.2) is 57.2 Å². The highest BCUT2D eigenvalue weighted by Crippen LogP contribution is 2.33. The first-order valence-electron chi connectivity index (χ1n) is 8.27. The predicted octanol–water partition coefficient (Wildman–Crippen LogP) is 2.51. The van der Waals surface area contributed by atoms with Gasteiger partial charge in [0.05, 0.1) is 48.7 Å². The molecule has 0 unspecified atom stereocenters. The Morgan fingerprint density at radius 1 is 1.26 bits per heavy atom. The number of nitrogens with zero attached hydrogens (tertiary/aromatic N) is 3. The second-order valence-electron chi connectivity index (χ2n) is 5.84. The van der Waals surface area contributed by atoms with Gasteiger partial charge in [-0.05, 0) is 6.07 Å². The Kier molecular flexibility index (Phi) is 6.05. The number of aromatic nitrogens is 3. The number of fused-ring (bicyclic) bond motifs is 1. The van der Waals surface area contributed by atoms with E-state index in [2.05, 4.69) is 10.1 Å². The quantitative estimate of drug-likeness (QED) is 0.583. The van der Waals surface area contributed by atoms with Crippen LogP contribution in [0.1, 0.15) is 0 Å². The molecular formula is C17H21ClN4O4S. The summed E-state index contributed by atoms with van der Waals surface area (Å²) in [4.78, 5) is 3.16. The molecule has 0 saturated carbocycles. The summed E-state index contributed by atoms with van der Waals surface area (Å²) < 4.78 is 39.6. The molecule has 27 heavy (non-hydrogen) atoms. The lowest BCUT2D eigenvalue weighted by atomic mass is 10.2. The smallest absolute Gasteiger partial charge is 0.267 e. The van der Waals surface area contributed by atoms with E-state index in [0.29, 0.717) is 29.4 Å². The molecule has 0 atom stereocenters. The van der Waals surface area contributed by atoms with Crippen LogP contribution < -0.4 is 4.31 Å². The van der Waals surface area contributed by atoms with Gasteiger partial charge in [-0.25, -0.2) is 8.42 Å². The van der Waals surface area contributed by atoms with Gasteiger partial charge in [-0.3, -0.25) is 8.99 Å². The van der Waals surface area contributed by atoms with Crippen LogP contribution in [0.5, 0.6) is 0 Å². The van der Waals surface area contributed by atoms with Gasteiger partial charge >= 0.3 is 0 Å². The van der Waals surface area contributed by atoms with Crippen molar-refractivity contribution in [3.05, 3.63) is 41.8 Å². The summed E-state index contributed by atoms with van der Waals surface area (Å²) >= 11 is 6.19. The molecule has 2 aromatic heterocycles. The third-order valence-corrected chi connectivity index (χ3v) is 6.21. The first kappa shape index (κ1) is 19.7. The number of sulfonamides is 1. The zero-order valence-corrected chi connectivity index (χ0v) is 16.6. The molecule has 0 aliphatic carbocycles. The van der Waals surface area contributed by atoms with Crippen LogP contribution in [0.15, 0.2) is 41.7 Å². The van der Waals surface area contributed by atoms with Gasteiger partial charge in [0.2, 0.25) is 0 Å². The Morgan fingerprint density at radius 3 is 2.78 bits per heavy atom. The largest absolute Gasteiger partial charge is 0.383 e. The molecule has 2 heterocycles. The highest BCUT2D eigenvalue weighted by Gasteiger charge is 2.28. The van der Waals surface area contributed by atoms with Crippen molar-refractivity contribution in [3.8, 4) is 0 Å². The van der Waals surface area contributed by atoms with Crippen LogP contribution in [0.4, 0.5) is 5.69 Å². The van der Waals surface area contributed by atoms with Crippen molar-refractivity contribution in [3.63, 3.8) is 0 Å². The summed E-state index contributed by atoms with van der Waals surface area (Å²) in [7, 11) is -0.740. The first-order chi connectivity index (χ1) is 13.0. The second kappa shape index (κ2) is 8.30.